The number of thioether (sulfide) groups is 1. The van der Waals surface area contributed by atoms with E-state index in [0.717, 1.165) is 38.0 Å². The maximum atomic E-state index is 13.0. The minimum absolute atomic E-state index is 0.0333. The van der Waals surface area contributed by atoms with Crippen LogP contribution in [0.2, 0.25) is 0 Å². The SMILES string of the molecule is Cc1ccc(N=C2SC(CC(=O)NC3CC3)C(=O)N2CC2CCCO2)cc1C. The molecule has 2 unspecified atom stereocenters. The Balaban J connectivity index is 1.53. The van der Waals surface area contributed by atoms with Gasteiger partial charge in [0, 0.05) is 19.1 Å². The standard InChI is InChI=1S/C21H27N3O3S/c1-13-5-6-16(10-14(13)2)23-21-24(12-17-4-3-9-27-17)20(26)18(28-21)11-19(25)22-15-7-8-15/h5-6,10,15,17-18H,3-4,7-9,11-12H2,1-2H3,(H,22,25). The number of hydrogen-bond acceptors (Lipinski definition) is 5. The average molecular weight is 402 g/mol. The quantitative estimate of drug-likeness (QED) is 0.795. The summed E-state index contributed by atoms with van der Waals surface area (Å²) in [4.78, 5) is 31.8. The van der Waals surface area contributed by atoms with Gasteiger partial charge in [-0.2, -0.15) is 0 Å². The lowest BCUT2D eigenvalue weighted by Gasteiger charge is -2.20. The van der Waals surface area contributed by atoms with E-state index in [1.54, 1.807) is 4.90 Å². The number of amidine groups is 1. The van der Waals surface area contributed by atoms with Gasteiger partial charge < -0.3 is 10.1 Å². The molecule has 1 aliphatic carbocycles. The molecule has 6 nitrogen and oxygen atoms in total. The number of nitrogens with one attached hydrogen (secondary N) is 1. The Morgan fingerprint density at radius 1 is 1.29 bits per heavy atom. The first kappa shape index (κ1) is 19.5. The molecule has 0 radical (unpaired) electrons. The van der Waals surface area contributed by atoms with Crippen LogP contribution in [0, 0.1) is 13.8 Å². The van der Waals surface area contributed by atoms with Crippen LogP contribution in [0.3, 0.4) is 0 Å². The Morgan fingerprint density at radius 2 is 2.11 bits per heavy atom. The summed E-state index contributed by atoms with van der Waals surface area (Å²) >= 11 is 1.40. The molecule has 7 heteroatoms. The summed E-state index contributed by atoms with van der Waals surface area (Å²) in [5.74, 6) is -0.0770. The van der Waals surface area contributed by atoms with Gasteiger partial charge in [0.05, 0.1) is 18.3 Å². The fraction of sp³-hybridized carbons (Fsp3) is 0.571. The van der Waals surface area contributed by atoms with E-state index in [2.05, 4.69) is 19.2 Å². The highest BCUT2D eigenvalue weighted by Gasteiger charge is 2.41. The number of carbonyl (C=O) groups excluding carboxylic acids is 2. The van der Waals surface area contributed by atoms with Crippen molar-refractivity contribution in [1.82, 2.24) is 10.2 Å². The molecule has 4 rings (SSSR count). The van der Waals surface area contributed by atoms with Crippen LogP contribution in [0.1, 0.15) is 43.2 Å². The Kier molecular flexibility index (Phi) is 5.73. The number of ether oxygens (including phenoxy) is 1. The minimum atomic E-state index is -0.412. The normalized spacial score (nSPS) is 26.3. The second kappa shape index (κ2) is 8.25. The Hall–Kier alpha value is -1.86. The van der Waals surface area contributed by atoms with Crippen LogP contribution in [0.4, 0.5) is 5.69 Å². The molecular formula is C21H27N3O3S. The summed E-state index contributed by atoms with van der Waals surface area (Å²) in [6.45, 7) is 5.38. The Bertz CT molecular complexity index is 800. The van der Waals surface area contributed by atoms with E-state index in [1.165, 1.54) is 22.9 Å². The van der Waals surface area contributed by atoms with Crippen molar-refractivity contribution in [3.8, 4) is 0 Å². The van der Waals surface area contributed by atoms with Crippen molar-refractivity contribution in [3.63, 3.8) is 0 Å². The monoisotopic (exact) mass is 401 g/mol. The van der Waals surface area contributed by atoms with Gasteiger partial charge in [-0.3, -0.25) is 14.5 Å². The molecule has 1 N–H and O–H groups in total. The maximum Gasteiger partial charge on any atom is 0.242 e. The van der Waals surface area contributed by atoms with Crippen molar-refractivity contribution in [1.29, 1.82) is 0 Å². The zero-order valence-electron chi connectivity index (χ0n) is 16.4. The molecule has 3 fully saturated rings. The highest BCUT2D eigenvalue weighted by Crippen LogP contribution is 2.33. The maximum absolute atomic E-state index is 13.0. The van der Waals surface area contributed by atoms with E-state index in [4.69, 9.17) is 9.73 Å². The van der Waals surface area contributed by atoms with Crippen LogP contribution in [0.25, 0.3) is 0 Å². The van der Waals surface area contributed by atoms with Gasteiger partial charge in [-0.25, -0.2) is 4.99 Å². The van der Waals surface area contributed by atoms with Crippen LogP contribution >= 0.6 is 11.8 Å². The first-order chi connectivity index (χ1) is 13.5. The van der Waals surface area contributed by atoms with Gasteiger partial charge in [-0.15, -0.1) is 0 Å². The first-order valence-corrected chi connectivity index (χ1v) is 10.9. The number of hydrogen-bond donors (Lipinski definition) is 1. The van der Waals surface area contributed by atoms with Gasteiger partial charge in [-0.05, 0) is 62.8 Å². The summed E-state index contributed by atoms with van der Waals surface area (Å²) in [7, 11) is 0. The summed E-state index contributed by atoms with van der Waals surface area (Å²) in [5.41, 5.74) is 3.21. The van der Waals surface area contributed by atoms with Gasteiger partial charge >= 0.3 is 0 Å². The van der Waals surface area contributed by atoms with Crippen molar-refractivity contribution in [2.24, 2.45) is 4.99 Å². The molecule has 1 saturated carbocycles. The molecule has 2 saturated heterocycles. The fourth-order valence-electron chi connectivity index (χ4n) is 3.47. The van der Waals surface area contributed by atoms with Crippen molar-refractivity contribution >= 4 is 34.4 Å². The zero-order chi connectivity index (χ0) is 19.7. The molecule has 2 atom stereocenters. The third-order valence-corrected chi connectivity index (χ3v) is 6.63. The third-order valence-electron chi connectivity index (χ3n) is 5.46. The Morgan fingerprint density at radius 3 is 2.79 bits per heavy atom. The third kappa shape index (κ3) is 4.58. The van der Waals surface area contributed by atoms with Crippen molar-refractivity contribution in [2.75, 3.05) is 13.2 Å². The summed E-state index contributed by atoms with van der Waals surface area (Å²) in [6, 6.07) is 6.35. The molecule has 0 spiro atoms. The van der Waals surface area contributed by atoms with Crippen molar-refractivity contribution < 1.29 is 14.3 Å². The molecule has 150 valence electrons. The summed E-state index contributed by atoms with van der Waals surface area (Å²) in [6.07, 6.45) is 4.32. The van der Waals surface area contributed by atoms with Gasteiger partial charge in [0.25, 0.3) is 0 Å². The molecule has 2 heterocycles. The van der Waals surface area contributed by atoms with Crippen molar-refractivity contribution in [3.05, 3.63) is 29.3 Å². The molecule has 0 bridgehead atoms. The number of aryl methyl sites for hydroxylation is 2. The average Bonchev–Trinajstić information content (AvgIpc) is 3.22. The summed E-state index contributed by atoms with van der Waals surface area (Å²) in [5, 5.41) is 3.24. The predicted molar refractivity (Wildman–Crippen MR) is 111 cm³/mol. The largest absolute Gasteiger partial charge is 0.376 e. The molecule has 1 aromatic rings. The van der Waals surface area contributed by atoms with E-state index >= 15 is 0 Å². The smallest absolute Gasteiger partial charge is 0.242 e. The lowest BCUT2D eigenvalue weighted by molar-refractivity contribution is -0.130. The van der Waals surface area contributed by atoms with E-state index < -0.39 is 5.25 Å². The van der Waals surface area contributed by atoms with E-state index in [9.17, 15) is 9.59 Å². The van der Waals surface area contributed by atoms with Crippen LogP contribution in [0.15, 0.2) is 23.2 Å². The minimum Gasteiger partial charge on any atom is -0.376 e. The second-order valence-electron chi connectivity index (χ2n) is 7.90. The lowest BCUT2D eigenvalue weighted by atomic mass is 10.1. The molecule has 2 aliphatic heterocycles. The number of carbonyl (C=O) groups is 2. The van der Waals surface area contributed by atoms with E-state index in [1.807, 2.05) is 18.2 Å². The molecule has 28 heavy (non-hydrogen) atoms. The number of benzene rings is 1. The van der Waals surface area contributed by atoms with Gasteiger partial charge in [0.2, 0.25) is 11.8 Å². The van der Waals surface area contributed by atoms with Crippen LogP contribution in [-0.2, 0) is 14.3 Å². The van der Waals surface area contributed by atoms with Crippen LogP contribution < -0.4 is 5.32 Å². The predicted octanol–water partition coefficient (Wildman–Crippen LogP) is 3.08. The second-order valence-corrected chi connectivity index (χ2v) is 9.07. The number of nitrogens with zero attached hydrogens (tertiary/aromatic N) is 2. The summed E-state index contributed by atoms with van der Waals surface area (Å²) < 4.78 is 5.74. The topological polar surface area (TPSA) is 71.0 Å². The van der Waals surface area contributed by atoms with Gasteiger partial charge in [0.1, 0.15) is 5.25 Å². The molecule has 2 amide bonds. The van der Waals surface area contributed by atoms with Crippen LogP contribution in [0.5, 0.6) is 0 Å². The number of rotatable bonds is 6. The van der Waals surface area contributed by atoms with Crippen molar-refractivity contribution in [2.45, 2.75) is 63.3 Å². The Labute approximate surface area is 170 Å². The molecular weight excluding hydrogens is 374 g/mol. The first-order valence-electron chi connectivity index (χ1n) is 10.0. The zero-order valence-corrected chi connectivity index (χ0v) is 17.3. The van der Waals surface area contributed by atoms with Gasteiger partial charge in [0.15, 0.2) is 5.17 Å². The fourth-order valence-corrected chi connectivity index (χ4v) is 4.64. The molecule has 3 aliphatic rings. The molecule has 0 aromatic heterocycles. The highest BCUT2D eigenvalue weighted by atomic mass is 32.2. The molecule has 1 aromatic carbocycles. The van der Waals surface area contributed by atoms with E-state index in [-0.39, 0.29) is 24.3 Å². The number of amides is 2. The van der Waals surface area contributed by atoms with Gasteiger partial charge in [-0.1, -0.05) is 17.8 Å². The number of aliphatic imine (C=N–C) groups is 1. The van der Waals surface area contributed by atoms with Crippen LogP contribution in [-0.4, -0.2) is 52.4 Å². The van der Waals surface area contributed by atoms with E-state index in [0.29, 0.717) is 17.8 Å². The highest BCUT2D eigenvalue weighted by molar-refractivity contribution is 8.15. The lowest BCUT2D eigenvalue weighted by Crippen LogP contribution is -2.39.